The third-order valence-corrected chi connectivity index (χ3v) is 7.55. The maximum atomic E-state index is 6.76. The summed E-state index contributed by atoms with van der Waals surface area (Å²) in [5.74, 6) is 0. The first-order valence-corrected chi connectivity index (χ1v) is 14.8. The summed E-state index contributed by atoms with van der Waals surface area (Å²) in [5.41, 5.74) is 4.47. The molecule has 4 aromatic carbocycles. The van der Waals surface area contributed by atoms with Gasteiger partial charge in [-0.3, -0.25) is 0 Å². The van der Waals surface area contributed by atoms with E-state index in [1.54, 1.807) is 0 Å². The molecule has 0 spiro atoms. The Kier molecular flexibility index (Phi) is 11.5. The highest BCUT2D eigenvalue weighted by Crippen LogP contribution is 2.29. The standard InChI is InChI=1S/C37H41NO4/c1-2-15-33-35(40-25-30-18-9-4-10-19-30)37(42-27-32-22-13-6-14-23-32)36(41-26-31-20-11-5-12-21-31)34(38-33)28-39-24-29-16-7-3-8-17-29/h2-14,16-23,33-38H,1,15,24-28H2/t33-,34-,35+,36-,37-/m1/s1. The van der Waals surface area contributed by atoms with Crippen LogP contribution in [0.25, 0.3) is 0 Å². The SMILES string of the molecule is C=CC[C@H]1N[C@H](COCc2ccccc2)[C@@H](OCc2ccccc2)[C@H](OCc2ccccc2)[C@H]1OCc1ccccc1. The van der Waals surface area contributed by atoms with Crippen molar-refractivity contribution in [3.63, 3.8) is 0 Å². The van der Waals surface area contributed by atoms with Gasteiger partial charge in [-0.1, -0.05) is 127 Å². The molecule has 1 fully saturated rings. The Morgan fingerprint density at radius 1 is 0.500 bits per heavy atom. The van der Waals surface area contributed by atoms with Gasteiger partial charge in [0.1, 0.15) is 18.3 Å². The molecular formula is C37H41NO4. The molecule has 0 radical (unpaired) electrons. The van der Waals surface area contributed by atoms with Crippen molar-refractivity contribution >= 4 is 0 Å². The van der Waals surface area contributed by atoms with Gasteiger partial charge in [0.05, 0.1) is 39.1 Å². The fourth-order valence-corrected chi connectivity index (χ4v) is 5.42. The highest BCUT2D eigenvalue weighted by atomic mass is 16.6. The van der Waals surface area contributed by atoms with Gasteiger partial charge in [-0.2, -0.15) is 0 Å². The molecule has 5 rings (SSSR count). The van der Waals surface area contributed by atoms with E-state index in [9.17, 15) is 0 Å². The summed E-state index contributed by atoms with van der Waals surface area (Å²) in [6, 6.07) is 40.9. The Labute approximate surface area is 250 Å². The average Bonchev–Trinajstić information content (AvgIpc) is 3.05. The first kappa shape index (κ1) is 29.9. The van der Waals surface area contributed by atoms with Crippen molar-refractivity contribution in [2.24, 2.45) is 0 Å². The molecule has 5 heteroatoms. The van der Waals surface area contributed by atoms with E-state index in [-0.39, 0.29) is 30.4 Å². The second-order valence-electron chi connectivity index (χ2n) is 10.7. The van der Waals surface area contributed by atoms with E-state index in [2.05, 4.69) is 60.4 Å². The minimum absolute atomic E-state index is 0.0195. The molecule has 5 nitrogen and oxygen atoms in total. The third kappa shape index (κ3) is 8.71. The minimum Gasteiger partial charge on any atom is -0.375 e. The number of nitrogens with one attached hydrogen (secondary N) is 1. The van der Waals surface area contributed by atoms with E-state index < -0.39 is 0 Å². The average molecular weight is 564 g/mol. The summed E-state index contributed by atoms with van der Waals surface area (Å²) < 4.78 is 26.4. The van der Waals surface area contributed by atoms with Crippen LogP contribution in [0.5, 0.6) is 0 Å². The Bertz CT molecular complexity index is 1300. The van der Waals surface area contributed by atoms with Crippen molar-refractivity contribution < 1.29 is 18.9 Å². The van der Waals surface area contributed by atoms with Gasteiger partial charge in [0.25, 0.3) is 0 Å². The monoisotopic (exact) mass is 563 g/mol. The molecule has 1 N–H and O–H groups in total. The van der Waals surface area contributed by atoms with E-state index >= 15 is 0 Å². The van der Waals surface area contributed by atoms with E-state index in [0.29, 0.717) is 33.0 Å². The Morgan fingerprint density at radius 2 is 0.881 bits per heavy atom. The lowest BCUT2D eigenvalue weighted by atomic mass is 9.88. The van der Waals surface area contributed by atoms with Crippen molar-refractivity contribution in [3.05, 3.63) is 156 Å². The number of hydrogen-bond acceptors (Lipinski definition) is 5. The van der Waals surface area contributed by atoms with Gasteiger partial charge in [-0.15, -0.1) is 6.58 Å². The molecule has 0 aliphatic carbocycles. The zero-order valence-electron chi connectivity index (χ0n) is 24.1. The number of benzene rings is 4. The van der Waals surface area contributed by atoms with Gasteiger partial charge < -0.3 is 24.3 Å². The third-order valence-electron chi connectivity index (χ3n) is 7.55. The van der Waals surface area contributed by atoms with Gasteiger partial charge >= 0.3 is 0 Å². The molecule has 0 amide bonds. The van der Waals surface area contributed by atoms with Gasteiger partial charge in [-0.05, 0) is 28.7 Å². The number of piperidine rings is 1. The first-order valence-electron chi connectivity index (χ1n) is 14.8. The summed E-state index contributed by atoms with van der Waals surface area (Å²) >= 11 is 0. The molecular weight excluding hydrogens is 522 g/mol. The van der Waals surface area contributed by atoms with Crippen molar-refractivity contribution in [1.29, 1.82) is 0 Å². The highest BCUT2D eigenvalue weighted by Gasteiger charge is 2.46. The maximum absolute atomic E-state index is 6.76. The van der Waals surface area contributed by atoms with Crippen molar-refractivity contribution in [3.8, 4) is 0 Å². The molecule has 0 saturated carbocycles. The largest absolute Gasteiger partial charge is 0.375 e. The van der Waals surface area contributed by atoms with Crippen LogP contribution in [0, 0.1) is 0 Å². The number of ether oxygens (including phenoxy) is 4. The molecule has 4 aromatic rings. The van der Waals surface area contributed by atoms with E-state index in [4.69, 9.17) is 18.9 Å². The van der Waals surface area contributed by atoms with E-state index in [1.165, 1.54) is 0 Å². The van der Waals surface area contributed by atoms with E-state index in [0.717, 1.165) is 28.7 Å². The van der Waals surface area contributed by atoms with Crippen LogP contribution in [0.2, 0.25) is 0 Å². The highest BCUT2D eigenvalue weighted by molar-refractivity contribution is 5.17. The van der Waals surface area contributed by atoms with Gasteiger partial charge in [0.2, 0.25) is 0 Å². The Morgan fingerprint density at radius 3 is 1.31 bits per heavy atom. The van der Waals surface area contributed by atoms with Crippen molar-refractivity contribution in [2.75, 3.05) is 6.61 Å². The molecule has 0 aromatic heterocycles. The minimum atomic E-state index is -0.339. The second kappa shape index (κ2) is 16.2. The Hall–Kier alpha value is -3.58. The first-order chi connectivity index (χ1) is 20.8. The predicted molar refractivity (Wildman–Crippen MR) is 167 cm³/mol. The lowest BCUT2D eigenvalue weighted by Gasteiger charge is -2.47. The Balaban J connectivity index is 1.40. The topological polar surface area (TPSA) is 49.0 Å². The van der Waals surface area contributed by atoms with Crippen molar-refractivity contribution in [1.82, 2.24) is 5.32 Å². The molecule has 1 heterocycles. The molecule has 218 valence electrons. The zero-order chi connectivity index (χ0) is 28.8. The molecule has 1 aliphatic rings. The molecule has 5 atom stereocenters. The summed E-state index contributed by atoms with van der Waals surface area (Å²) in [7, 11) is 0. The van der Waals surface area contributed by atoms with Crippen LogP contribution in [0.15, 0.2) is 134 Å². The van der Waals surface area contributed by atoms with Crippen molar-refractivity contribution in [2.45, 2.75) is 63.2 Å². The van der Waals surface area contributed by atoms with Crippen LogP contribution >= 0.6 is 0 Å². The normalized spacial score (nSPS) is 22.0. The lowest BCUT2D eigenvalue weighted by Crippen LogP contribution is -2.67. The fourth-order valence-electron chi connectivity index (χ4n) is 5.42. The summed E-state index contributed by atoms with van der Waals surface area (Å²) in [6.07, 6.45) is 1.75. The molecule has 42 heavy (non-hydrogen) atoms. The van der Waals surface area contributed by atoms with Crippen LogP contribution in [-0.4, -0.2) is 37.0 Å². The molecule has 1 aliphatic heterocycles. The predicted octanol–water partition coefficient (Wildman–Crippen LogP) is 6.88. The summed E-state index contributed by atoms with van der Waals surface area (Å²) in [4.78, 5) is 0. The lowest BCUT2D eigenvalue weighted by molar-refractivity contribution is -0.194. The second-order valence-corrected chi connectivity index (χ2v) is 10.7. The van der Waals surface area contributed by atoms with Crippen LogP contribution < -0.4 is 5.32 Å². The summed E-state index contributed by atoms with van der Waals surface area (Å²) in [5, 5.41) is 3.82. The molecule has 0 bridgehead atoms. The van der Waals surface area contributed by atoms with Gasteiger partial charge in [0.15, 0.2) is 0 Å². The number of hydrogen-bond donors (Lipinski definition) is 1. The maximum Gasteiger partial charge on any atom is 0.113 e. The smallest absolute Gasteiger partial charge is 0.113 e. The fraction of sp³-hybridized carbons (Fsp3) is 0.297. The van der Waals surface area contributed by atoms with E-state index in [1.807, 2.05) is 78.9 Å². The van der Waals surface area contributed by atoms with Crippen LogP contribution in [0.1, 0.15) is 28.7 Å². The molecule has 1 saturated heterocycles. The van der Waals surface area contributed by atoms with Gasteiger partial charge in [0, 0.05) is 6.04 Å². The zero-order valence-corrected chi connectivity index (χ0v) is 24.1. The quantitative estimate of drug-likeness (QED) is 0.160. The van der Waals surface area contributed by atoms with Crippen LogP contribution in [-0.2, 0) is 45.4 Å². The molecule has 0 unspecified atom stereocenters. The van der Waals surface area contributed by atoms with Crippen LogP contribution in [0.3, 0.4) is 0 Å². The van der Waals surface area contributed by atoms with Crippen LogP contribution in [0.4, 0.5) is 0 Å². The van der Waals surface area contributed by atoms with Gasteiger partial charge in [-0.25, -0.2) is 0 Å². The summed E-state index contributed by atoms with van der Waals surface area (Å²) in [6.45, 7) is 6.45. The number of rotatable bonds is 15.